The zero-order valence-corrected chi connectivity index (χ0v) is 13.8. The number of piperidine rings is 1. The van der Waals surface area contributed by atoms with Gasteiger partial charge in [0.25, 0.3) is 0 Å². The van der Waals surface area contributed by atoms with E-state index in [0.29, 0.717) is 5.92 Å². The standard InChI is InChI=1S/C17H16N6S/c1-2-6-13-12(5-1)22-17(24-13)11-4-3-7-23(8-11)16-14-15(19-9-18-14)20-10-21-16/h1-2,5-6,9-11H,3-4,7-8H2,(H,18,19,20,21). The van der Waals surface area contributed by atoms with E-state index in [4.69, 9.17) is 4.98 Å². The summed E-state index contributed by atoms with van der Waals surface area (Å²) in [5.74, 6) is 1.40. The van der Waals surface area contributed by atoms with Gasteiger partial charge in [-0.25, -0.2) is 19.9 Å². The average molecular weight is 336 g/mol. The van der Waals surface area contributed by atoms with Gasteiger partial charge in [-0.2, -0.15) is 0 Å². The zero-order valence-electron chi connectivity index (χ0n) is 13.0. The second-order valence-corrected chi connectivity index (χ2v) is 7.17. The van der Waals surface area contributed by atoms with Gasteiger partial charge in [0, 0.05) is 19.0 Å². The summed E-state index contributed by atoms with van der Waals surface area (Å²) in [7, 11) is 0. The Balaban J connectivity index is 1.48. The molecule has 1 atom stereocenters. The molecule has 0 aliphatic carbocycles. The maximum absolute atomic E-state index is 4.86. The van der Waals surface area contributed by atoms with Gasteiger partial charge in [0.1, 0.15) is 11.8 Å². The molecule has 5 rings (SSSR count). The molecule has 4 heterocycles. The Bertz CT molecular complexity index is 973. The number of hydrogen-bond acceptors (Lipinski definition) is 6. The number of thiazole rings is 1. The van der Waals surface area contributed by atoms with Crippen LogP contribution in [-0.4, -0.2) is 38.0 Å². The molecule has 0 amide bonds. The van der Waals surface area contributed by atoms with Crippen molar-refractivity contribution in [2.75, 3.05) is 18.0 Å². The van der Waals surface area contributed by atoms with Crippen LogP contribution in [0.3, 0.4) is 0 Å². The minimum Gasteiger partial charge on any atom is -0.354 e. The van der Waals surface area contributed by atoms with Crippen molar-refractivity contribution in [2.45, 2.75) is 18.8 Å². The lowest BCUT2D eigenvalue weighted by atomic mass is 9.98. The first-order valence-electron chi connectivity index (χ1n) is 8.13. The molecular formula is C17H16N6S. The highest BCUT2D eigenvalue weighted by Crippen LogP contribution is 2.34. The summed E-state index contributed by atoms with van der Waals surface area (Å²) < 4.78 is 1.27. The number of para-hydroxylation sites is 1. The predicted octanol–water partition coefficient (Wildman–Crippen LogP) is 3.35. The quantitative estimate of drug-likeness (QED) is 0.608. The molecule has 1 fully saturated rings. The van der Waals surface area contributed by atoms with Crippen molar-refractivity contribution in [2.24, 2.45) is 0 Å². The lowest BCUT2D eigenvalue weighted by Gasteiger charge is -2.32. The Morgan fingerprint density at radius 3 is 3.08 bits per heavy atom. The molecule has 1 N–H and O–H groups in total. The lowest BCUT2D eigenvalue weighted by Crippen LogP contribution is -2.35. The SMILES string of the molecule is c1ccc2sc(C3CCCN(c4ncnc5nc[nH]c45)C3)nc2c1. The van der Waals surface area contributed by atoms with E-state index >= 15 is 0 Å². The monoisotopic (exact) mass is 336 g/mol. The average Bonchev–Trinajstić information content (AvgIpc) is 3.28. The highest BCUT2D eigenvalue weighted by molar-refractivity contribution is 7.18. The number of aromatic nitrogens is 5. The Kier molecular flexibility index (Phi) is 3.19. The first kappa shape index (κ1) is 13.9. The molecule has 1 saturated heterocycles. The first-order chi connectivity index (χ1) is 11.9. The number of nitrogens with zero attached hydrogens (tertiary/aromatic N) is 5. The summed E-state index contributed by atoms with van der Waals surface area (Å²) in [5.41, 5.74) is 2.75. The Hall–Kier alpha value is -2.54. The van der Waals surface area contributed by atoms with Crippen LogP contribution in [-0.2, 0) is 0 Å². The third-order valence-electron chi connectivity index (χ3n) is 4.58. The van der Waals surface area contributed by atoms with Gasteiger partial charge >= 0.3 is 0 Å². The third-order valence-corrected chi connectivity index (χ3v) is 5.78. The molecule has 0 spiro atoms. The van der Waals surface area contributed by atoms with Crippen LogP contribution < -0.4 is 4.90 Å². The number of anilines is 1. The second kappa shape index (κ2) is 5.52. The van der Waals surface area contributed by atoms with Crippen LogP contribution >= 0.6 is 11.3 Å². The lowest BCUT2D eigenvalue weighted by molar-refractivity contribution is 0.507. The van der Waals surface area contributed by atoms with Gasteiger partial charge in [-0.1, -0.05) is 12.1 Å². The molecule has 120 valence electrons. The number of rotatable bonds is 2. The molecule has 6 nitrogen and oxygen atoms in total. The summed E-state index contributed by atoms with van der Waals surface area (Å²) in [4.78, 5) is 23.3. The van der Waals surface area contributed by atoms with Crippen molar-refractivity contribution in [1.29, 1.82) is 0 Å². The van der Waals surface area contributed by atoms with E-state index < -0.39 is 0 Å². The van der Waals surface area contributed by atoms with E-state index in [2.05, 4.69) is 49.1 Å². The largest absolute Gasteiger partial charge is 0.354 e. The fourth-order valence-corrected chi connectivity index (χ4v) is 4.52. The smallest absolute Gasteiger partial charge is 0.182 e. The molecule has 1 aromatic carbocycles. The Morgan fingerprint density at radius 1 is 1.17 bits per heavy atom. The summed E-state index contributed by atoms with van der Waals surface area (Å²) in [6.45, 7) is 1.94. The number of hydrogen-bond donors (Lipinski definition) is 1. The second-order valence-electron chi connectivity index (χ2n) is 6.10. The Morgan fingerprint density at radius 2 is 2.12 bits per heavy atom. The number of imidazole rings is 1. The fraction of sp³-hybridized carbons (Fsp3) is 0.294. The molecule has 1 unspecified atom stereocenters. The van der Waals surface area contributed by atoms with E-state index in [1.54, 1.807) is 12.7 Å². The van der Waals surface area contributed by atoms with Crippen LogP contribution in [0.15, 0.2) is 36.9 Å². The van der Waals surface area contributed by atoms with Crippen molar-refractivity contribution < 1.29 is 0 Å². The molecule has 0 saturated carbocycles. The molecule has 7 heteroatoms. The zero-order chi connectivity index (χ0) is 15.9. The van der Waals surface area contributed by atoms with Crippen LogP contribution in [0, 0.1) is 0 Å². The van der Waals surface area contributed by atoms with Crippen molar-refractivity contribution in [3.63, 3.8) is 0 Å². The fourth-order valence-electron chi connectivity index (χ4n) is 3.43. The van der Waals surface area contributed by atoms with Gasteiger partial charge in [0.2, 0.25) is 0 Å². The normalized spacial score (nSPS) is 18.5. The molecule has 3 aromatic heterocycles. The number of nitrogens with one attached hydrogen (secondary N) is 1. The van der Waals surface area contributed by atoms with E-state index in [9.17, 15) is 0 Å². The van der Waals surface area contributed by atoms with Crippen LogP contribution in [0.25, 0.3) is 21.4 Å². The van der Waals surface area contributed by atoms with Crippen LogP contribution in [0.4, 0.5) is 5.82 Å². The van der Waals surface area contributed by atoms with Gasteiger partial charge in [-0.3, -0.25) is 0 Å². The topological polar surface area (TPSA) is 70.6 Å². The van der Waals surface area contributed by atoms with Crippen molar-refractivity contribution in [3.8, 4) is 0 Å². The summed E-state index contributed by atoms with van der Waals surface area (Å²) in [6.07, 6.45) is 5.59. The third kappa shape index (κ3) is 2.24. The molecule has 24 heavy (non-hydrogen) atoms. The van der Waals surface area contributed by atoms with Crippen molar-refractivity contribution >= 4 is 38.5 Å². The summed E-state index contributed by atoms with van der Waals surface area (Å²) in [6, 6.07) is 8.37. The summed E-state index contributed by atoms with van der Waals surface area (Å²) >= 11 is 1.82. The van der Waals surface area contributed by atoms with Gasteiger partial charge in [0.05, 0.1) is 21.6 Å². The van der Waals surface area contributed by atoms with Gasteiger partial charge in [0.15, 0.2) is 11.5 Å². The molecule has 0 bridgehead atoms. The first-order valence-corrected chi connectivity index (χ1v) is 8.94. The van der Waals surface area contributed by atoms with Gasteiger partial charge in [-0.15, -0.1) is 11.3 Å². The number of fused-ring (bicyclic) bond motifs is 2. The predicted molar refractivity (Wildman–Crippen MR) is 95.5 cm³/mol. The Labute approximate surface area is 142 Å². The van der Waals surface area contributed by atoms with Crippen LogP contribution in [0.1, 0.15) is 23.8 Å². The molecule has 4 aromatic rings. The van der Waals surface area contributed by atoms with E-state index in [0.717, 1.165) is 42.0 Å². The van der Waals surface area contributed by atoms with E-state index in [1.165, 1.54) is 16.1 Å². The molecule has 1 aliphatic rings. The number of benzene rings is 1. The minimum absolute atomic E-state index is 0.448. The molecule has 1 aliphatic heterocycles. The molecule has 0 radical (unpaired) electrons. The maximum Gasteiger partial charge on any atom is 0.182 e. The van der Waals surface area contributed by atoms with E-state index in [1.807, 2.05) is 11.3 Å². The highest BCUT2D eigenvalue weighted by Gasteiger charge is 2.26. The van der Waals surface area contributed by atoms with Crippen molar-refractivity contribution in [3.05, 3.63) is 41.9 Å². The van der Waals surface area contributed by atoms with E-state index in [-0.39, 0.29) is 0 Å². The van der Waals surface area contributed by atoms with Crippen molar-refractivity contribution in [1.82, 2.24) is 24.9 Å². The van der Waals surface area contributed by atoms with Gasteiger partial charge in [-0.05, 0) is 25.0 Å². The minimum atomic E-state index is 0.448. The van der Waals surface area contributed by atoms with Crippen LogP contribution in [0.2, 0.25) is 0 Å². The highest BCUT2D eigenvalue weighted by atomic mass is 32.1. The maximum atomic E-state index is 4.86. The van der Waals surface area contributed by atoms with Crippen LogP contribution in [0.5, 0.6) is 0 Å². The van der Waals surface area contributed by atoms with Gasteiger partial charge < -0.3 is 9.88 Å². The molecular weight excluding hydrogens is 320 g/mol. The number of H-pyrrole nitrogens is 1. The number of aromatic amines is 1. The summed E-state index contributed by atoms with van der Waals surface area (Å²) in [5, 5.41) is 1.23.